The second-order valence-corrected chi connectivity index (χ2v) is 5.36. The van der Waals surface area contributed by atoms with Crippen LogP contribution in [0.15, 0.2) is 42.5 Å². The summed E-state index contributed by atoms with van der Waals surface area (Å²) < 4.78 is 5.52. The molecule has 6 heteroatoms. The number of ether oxygens (including phenoxy) is 1. The molecule has 1 N–H and O–H groups in total. The zero-order valence-electron chi connectivity index (χ0n) is 11.6. The minimum Gasteiger partial charge on any atom is -0.479 e. The highest BCUT2D eigenvalue weighted by atomic mass is 35.5. The number of nitrogens with one attached hydrogen (secondary N) is 1. The third kappa shape index (κ3) is 4.14. The van der Waals surface area contributed by atoms with Gasteiger partial charge in [-0.05, 0) is 49.4 Å². The molecule has 0 spiro atoms. The van der Waals surface area contributed by atoms with Crippen LogP contribution in [-0.2, 0) is 4.79 Å². The lowest BCUT2D eigenvalue weighted by Gasteiger charge is -2.15. The molecule has 0 bridgehead atoms. The van der Waals surface area contributed by atoms with Crippen molar-refractivity contribution in [3.63, 3.8) is 0 Å². The molecule has 0 unspecified atom stereocenters. The van der Waals surface area contributed by atoms with E-state index in [9.17, 15) is 4.79 Å². The number of nitriles is 1. The normalized spacial score (nSPS) is 11.4. The zero-order valence-corrected chi connectivity index (χ0v) is 13.2. The maximum Gasteiger partial charge on any atom is 0.265 e. The van der Waals surface area contributed by atoms with Crippen LogP contribution in [0.4, 0.5) is 5.69 Å². The van der Waals surface area contributed by atoms with Crippen LogP contribution in [0, 0.1) is 11.3 Å². The Kier molecular flexibility index (Phi) is 5.26. The van der Waals surface area contributed by atoms with Gasteiger partial charge in [0, 0.05) is 10.7 Å². The standard InChI is InChI=1S/C16H12Cl2N2O2/c1-10(16(21)20-13-5-3-12(17)4-6-13)22-15-7-2-11(9-19)8-14(15)18/h2-8,10H,1H3,(H,20,21)/t10-/m1/s1. The number of carbonyl (C=O) groups excluding carboxylic acids is 1. The Bertz CT molecular complexity index is 724. The lowest BCUT2D eigenvalue weighted by Crippen LogP contribution is -2.30. The van der Waals surface area contributed by atoms with Gasteiger partial charge < -0.3 is 10.1 Å². The monoisotopic (exact) mass is 334 g/mol. The van der Waals surface area contributed by atoms with Gasteiger partial charge in [0.1, 0.15) is 5.75 Å². The van der Waals surface area contributed by atoms with Crippen LogP contribution in [0.3, 0.4) is 0 Å². The molecule has 2 aromatic rings. The summed E-state index contributed by atoms with van der Waals surface area (Å²) in [6.07, 6.45) is -0.749. The Morgan fingerprint density at radius 1 is 1.23 bits per heavy atom. The third-order valence-corrected chi connectivity index (χ3v) is 3.39. The molecule has 0 aliphatic carbocycles. The number of hydrogen-bond donors (Lipinski definition) is 1. The number of nitrogens with zero attached hydrogens (tertiary/aromatic N) is 1. The number of carbonyl (C=O) groups is 1. The first kappa shape index (κ1) is 16.2. The lowest BCUT2D eigenvalue weighted by molar-refractivity contribution is -0.122. The number of amides is 1. The maximum absolute atomic E-state index is 12.1. The maximum atomic E-state index is 12.1. The summed E-state index contributed by atoms with van der Waals surface area (Å²) >= 11 is 11.8. The minimum atomic E-state index is -0.749. The molecule has 0 aliphatic heterocycles. The summed E-state index contributed by atoms with van der Waals surface area (Å²) in [6.45, 7) is 1.61. The number of halogens is 2. The molecule has 0 heterocycles. The van der Waals surface area contributed by atoms with Gasteiger partial charge in [0.15, 0.2) is 6.10 Å². The lowest BCUT2D eigenvalue weighted by atomic mass is 10.2. The van der Waals surface area contributed by atoms with E-state index < -0.39 is 6.10 Å². The van der Waals surface area contributed by atoms with Crippen molar-refractivity contribution in [1.29, 1.82) is 5.26 Å². The van der Waals surface area contributed by atoms with E-state index in [4.69, 9.17) is 33.2 Å². The Morgan fingerprint density at radius 2 is 1.91 bits per heavy atom. The van der Waals surface area contributed by atoms with Crippen molar-refractivity contribution < 1.29 is 9.53 Å². The largest absolute Gasteiger partial charge is 0.479 e. The van der Waals surface area contributed by atoms with E-state index in [0.717, 1.165) is 0 Å². The fourth-order valence-electron chi connectivity index (χ4n) is 1.69. The van der Waals surface area contributed by atoms with Crippen molar-refractivity contribution in [2.24, 2.45) is 0 Å². The topological polar surface area (TPSA) is 62.1 Å². The predicted octanol–water partition coefficient (Wildman–Crippen LogP) is 4.27. The Labute approximate surface area is 138 Å². The SMILES string of the molecule is C[C@@H](Oc1ccc(C#N)cc1Cl)C(=O)Nc1ccc(Cl)cc1. The Morgan fingerprint density at radius 3 is 2.50 bits per heavy atom. The van der Waals surface area contributed by atoms with E-state index in [0.29, 0.717) is 22.0 Å². The number of hydrogen-bond acceptors (Lipinski definition) is 3. The van der Waals surface area contributed by atoms with Crippen molar-refractivity contribution in [3.8, 4) is 11.8 Å². The average molecular weight is 335 g/mol. The summed E-state index contributed by atoms with van der Waals surface area (Å²) in [4.78, 5) is 12.1. The molecule has 2 aromatic carbocycles. The van der Waals surface area contributed by atoms with Crippen molar-refractivity contribution in [2.75, 3.05) is 5.32 Å². The highest BCUT2D eigenvalue weighted by Gasteiger charge is 2.16. The van der Waals surface area contributed by atoms with Gasteiger partial charge in [-0.2, -0.15) is 5.26 Å². The van der Waals surface area contributed by atoms with Gasteiger partial charge in [-0.15, -0.1) is 0 Å². The Hall–Kier alpha value is -2.22. The van der Waals surface area contributed by atoms with Gasteiger partial charge in [0.05, 0.1) is 16.7 Å². The number of rotatable bonds is 4. The van der Waals surface area contributed by atoms with Crippen molar-refractivity contribution in [1.82, 2.24) is 0 Å². The molecule has 0 fully saturated rings. The third-order valence-electron chi connectivity index (χ3n) is 2.85. The first-order chi connectivity index (χ1) is 10.5. The van der Waals surface area contributed by atoms with Gasteiger partial charge in [0.2, 0.25) is 0 Å². The van der Waals surface area contributed by atoms with Gasteiger partial charge in [-0.25, -0.2) is 0 Å². The molecule has 0 saturated carbocycles. The molecule has 2 rings (SSSR count). The highest BCUT2D eigenvalue weighted by Crippen LogP contribution is 2.26. The Balaban J connectivity index is 2.02. The van der Waals surface area contributed by atoms with Gasteiger partial charge in [0.25, 0.3) is 5.91 Å². The molecule has 4 nitrogen and oxygen atoms in total. The summed E-state index contributed by atoms with van der Waals surface area (Å²) in [7, 11) is 0. The molecule has 1 atom stereocenters. The zero-order chi connectivity index (χ0) is 16.1. The summed E-state index contributed by atoms with van der Waals surface area (Å²) in [6, 6.07) is 13.4. The smallest absolute Gasteiger partial charge is 0.265 e. The predicted molar refractivity (Wildman–Crippen MR) is 86.3 cm³/mol. The van der Waals surface area contributed by atoms with E-state index >= 15 is 0 Å². The van der Waals surface area contributed by atoms with Gasteiger partial charge in [-0.3, -0.25) is 4.79 Å². The van der Waals surface area contributed by atoms with Crippen molar-refractivity contribution >= 4 is 34.8 Å². The van der Waals surface area contributed by atoms with E-state index in [-0.39, 0.29) is 10.9 Å². The van der Waals surface area contributed by atoms with Crippen LogP contribution < -0.4 is 10.1 Å². The van der Waals surface area contributed by atoms with Crippen LogP contribution in [0.1, 0.15) is 12.5 Å². The van der Waals surface area contributed by atoms with Crippen molar-refractivity contribution in [3.05, 3.63) is 58.1 Å². The first-order valence-electron chi connectivity index (χ1n) is 6.42. The van der Waals surface area contributed by atoms with Gasteiger partial charge in [-0.1, -0.05) is 23.2 Å². The van der Waals surface area contributed by atoms with Crippen LogP contribution in [0.25, 0.3) is 0 Å². The van der Waals surface area contributed by atoms with E-state index in [2.05, 4.69) is 5.32 Å². The summed E-state index contributed by atoms with van der Waals surface area (Å²) in [5.41, 5.74) is 1.05. The van der Waals surface area contributed by atoms with E-state index in [1.165, 1.54) is 6.07 Å². The van der Waals surface area contributed by atoms with E-state index in [1.807, 2.05) is 6.07 Å². The second-order valence-electron chi connectivity index (χ2n) is 4.51. The highest BCUT2D eigenvalue weighted by molar-refractivity contribution is 6.32. The average Bonchev–Trinajstić information content (AvgIpc) is 2.51. The molecule has 1 amide bonds. The van der Waals surface area contributed by atoms with E-state index in [1.54, 1.807) is 43.3 Å². The summed E-state index contributed by atoms with van der Waals surface area (Å²) in [5.74, 6) is 0.0298. The molecular weight excluding hydrogens is 323 g/mol. The molecule has 0 radical (unpaired) electrons. The fraction of sp³-hybridized carbons (Fsp3) is 0.125. The molecule has 0 aliphatic rings. The fourth-order valence-corrected chi connectivity index (χ4v) is 2.04. The quantitative estimate of drug-likeness (QED) is 0.907. The van der Waals surface area contributed by atoms with Crippen LogP contribution in [0.5, 0.6) is 5.75 Å². The number of anilines is 1. The number of benzene rings is 2. The molecule has 112 valence electrons. The van der Waals surface area contributed by atoms with Crippen LogP contribution >= 0.6 is 23.2 Å². The van der Waals surface area contributed by atoms with Crippen molar-refractivity contribution in [2.45, 2.75) is 13.0 Å². The van der Waals surface area contributed by atoms with Gasteiger partial charge >= 0.3 is 0 Å². The molecule has 0 saturated heterocycles. The summed E-state index contributed by atoms with van der Waals surface area (Å²) in [5, 5.41) is 12.4. The first-order valence-corrected chi connectivity index (χ1v) is 7.18. The van der Waals surface area contributed by atoms with Crippen LogP contribution in [0.2, 0.25) is 10.0 Å². The second kappa shape index (κ2) is 7.17. The molecular formula is C16H12Cl2N2O2. The molecule has 22 heavy (non-hydrogen) atoms. The van der Waals surface area contributed by atoms with Crippen LogP contribution in [-0.4, -0.2) is 12.0 Å². The molecule has 0 aromatic heterocycles. The minimum absolute atomic E-state index is 0.283.